The first-order valence-corrected chi connectivity index (χ1v) is 10.9. The predicted molar refractivity (Wildman–Crippen MR) is 113 cm³/mol. The summed E-state index contributed by atoms with van der Waals surface area (Å²) in [6, 6.07) is 3.65. The second-order valence-electron chi connectivity index (χ2n) is 9.37. The summed E-state index contributed by atoms with van der Waals surface area (Å²) in [7, 11) is 0. The lowest BCUT2D eigenvalue weighted by Gasteiger charge is -2.42. The summed E-state index contributed by atoms with van der Waals surface area (Å²) in [5, 5.41) is 3.65. The SMILES string of the molecule is Cc1c(C(=O)NCCC(C)C)oc2ccc3c(c12)C(=O)CC1(CCC(C)CC1)O3. The van der Waals surface area contributed by atoms with Crippen LogP contribution in [0, 0.1) is 18.8 Å². The van der Waals surface area contributed by atoms with Crippen molar-refractivity contribution in [2.24, 2.45) is 11.8 Å². The van der Waals surface area contributed by atoms with E-state index >= 15 is 0 Å². The van der Waals surface area contributed by atoms with E-state index in [1.54, 1.807) is 0 Å². The fourth-order valence-electron chi connectivity index (χ4n) is 4.67. The predicted octanol–water partition coefficient (Wildman–Crippen LogP) is 5.43. The molecule has 0 bridgehead atoms. The second kappa shape index (κ2) is 7.51. The van der Waals surface area contributed by atoms with Gasteiger partial charge in [0, 0.05) is 17.5 Å². The van der Waals surface area contributed by atoms with Crippen LogP contribution >= 0.6 is 0 Å². The van der Waals surface area contributed by atoms with Crippen LogP contribution < -0.4 is 10.1 Å². The quantitative estimate of drug-likeness (QED) is 0.747. The maximum atomic E-state index is 13.2. The Balaban J connectivity index is 1.66. The summed E-state index contributed by atoms with van der Waals surface area (Å²) < 4.78 is 12.3. The van der Waals surface area contributed by atoms with Crippen molar-refractivity contribution in [2.45, 2.75) is 71.8 Å². The Morgan fingerprint density at radius 2 is 2.00 bits per heavy atom. The number of hydrogen-bond acceptors (Lipinski definition) is 4. The number of fused-ring (bicyclic) bond motifs is 3. The number of furan rings is 1. The Labute approximate surface area is 172 Å². The van der Waals surface area contributed by atoms with Gasteiger partial charge in [0.1, 0.15) is 16.9 Å². The third kappa shape index (κ3) is 3.67. The van der Waals surface area contributed by atoms with E-state index in [4.69, 9.17) is 9.15 Å². The molecule has 5 heteroatoms. The van der Waals surface area contributed by atoms with E-state index in [0.717, 1.165) is 37.5 Å². The van der Waals surface area contributed by atoms with Gasteiger partial charge in [-0.3, -0.25) is 9.59 Å². The molecule has 1 fully saturated rings. The van der Waals surface area contributed by atoms with Crippen molar-refractivity contribution in [3.63, 3.8) is 0 Å². The molecule has 1 amide bonds. The highest BCUT2D eigenvalue weighted by molar-refractivity contribution is 6.13. The van der Waals surface area contributed by atoms with E-state index < -0.39 is 0 Å². The van der Waals surface area contributed by atoms with Gasteiger partial charge in [0.15, 0.2) is 11.5 Å². The molecular weight excluding hydrogens is 366 g/mol. The molecule has 2 aromatic rings. The second-order valence-corrected chi connectivity index (χ2v) is 9.37. The fraction of sp³-hybridized carbons (Fsp3) is 0.583. The monoisotopic (exact) mass is 397 g/mol. The number of carbonyl (C=O) groups is 2. The molecule has 1 aromatic heterocycles. The van der Waals surface area contributed by atoms with Crippen molar-refractivity contribution < 1.29 is 18.7 Å². The lowest BCUT2D eigenvalue weighted by molar-refractivity contribution is 0.00430. The number of carbonyl (C=O) groups excluding carboxylic acids is 2. The molecule has 1 aliphatic heterocycles. The molecule has 0 radical (unpaired) electrons. The molecule has 1 saturated carbocycles. The van der Waals surface area contributed by atoms with Gasteiger partial charge in [-0.25, -0.2) is 0 Å². The first-order chi connectivity index (χ1) is 13.8. The van der Waals surface area contributed by atoms with Crippen LogP contribution in [0.25, 0.3) is 11.0 Å². The highest BCUT2D eigenvalue weighted by atomic mass is 16.5. The number of amides is 1. The molecule has 2 aliphatic rings. The van der Waals surface area contributed by atoms with Crippen LogP contribution in [0.1, 0.15) is 85.8 Å². The number of ketones is 1. The minimum Gasteiger partial charge on any atom is -0.486 e. The number of aryl methyl sites for hydroxylation is 1. The number of hydrogen-bond donors (Lipinski definition) is 1. The van der Waals surface area contributed by atoms with E-state index in [2.05, 4.69) is 26.1 Å². The van der Waals surface area contributed by atoms with Crippen LogP contribution in [-0.2, 0) is 0 Å². The van der Waals surface area contributed by atoms with Crippen LogP contribution in [0.15, 0.2) is 16.5 Å². The maximum Gasteiger partial charge on any atom is 0.287 e. The van der Waals surface area contributed by atoms with Crippen molar-refractivity contribution in [3.05, 3.63) is 29.0 Å². The Morgan fingerprint density at radius 1 is 1.28 bits per heavy atom. The minimum absolute atomic E-state index is 0.0991. The lowest BCUT2D eigenvalue weighted by atomic mass is 9.74. The van der Waals surface area contributed by atoms with Crippen molar-refractivity contribution >= 4 is 22.7 Å². The van der Waals surface area contributed by atoms with Crippen LogP contribution in [0.5, 0.6) is 5.75 Å². The Kier molecular flexibility index (Phi) is 5.18. The van der Waals surface area contributed by atoms with E-state index in [-0.39, 0.29) is 23.1 Å². The van der Waals surface area contributed by atoms with Crippen LogP contribution in [0.2, 0.25) is 0 Å². The van der Waals surface area contributed by atoms with E-state index in [1.165, 1.54) is 0 Å². The van der Waals surface area contributed by atoms with Crippen LogP contribution in [0.4, 0.5) is 0 Å². The van der Waals surface area contributed by atoms with Gasteiger partial charge in [-0.15, -0.1) is 0 Å². The molecule has 1 spiro atoms. The highest BCUT2D eigenvalue weighted by Gasteiger charge is 2.43. The topological polar surface area (TPSA) is 68.5 Å². The van der Waals surface area contributed by atoms with E-state index in [0.29, 0.717) is 47.3 Å². The maximum absolute atomic E-state index is 13.2. The van der Waals surface area contributed by atoms with Gasteiger partial charge < -0.3 is 14.5 Å². The molecule has 5 nitrogen and oxygen atoms in total. The van der Waals surface area contributed by atoms with Crippen molar-refractivity contribution in [2.75, 3.05) is 6.54 Å². The Hall–Kier alpha value is -2.30. The molecule has 156 valence electrons. The summed E-state index contributed by atoms with van der Waals surface area (Å²) in [4.78, 5) is 25.8. The zero-order valence-electron chi connectivity index (χ0n) is 17.9. The normalized spacial score (nSPS) is 24.0. The van der Waals surface area contributed by atoms with Gasteiger partial charge in [-0.05, 0) is 63.0 Å². The number of nitrogens with one attached hydrogen (secondary N) is 1. The summed E-state index contributed by atoms with van der Waals surface area (Å²) in [5.74, 6) is 2.01. The molecule has 4 rings (SSSR count). The van der Waals surface area contributed by atoms with Gasteiger partial charge in [-0.1, -0.05) is 20.8 Å². The molecule has 0 unspecified atom stereocenters. The zero-order chi connectivity index (χ0) is 20.8. The highest BCUT2D eigenvalue weighted by Crippen LogP contribution is 2.46. The van der Waals surface area contributed by atoms with Crippen molar-refractivity contribution in [3.8, 4) is 5.75 Å². The molecule has 29 heavy (non-hydrogen) atoms. The summed E-state index contributed by atoms with van der Waals surface area (Å²) in [5.41, 5.74) is 1.50. The molecular formula is C24H31NO4. The largest absolute Gasteiger partial charge is 0.486 e. The van der Waals surface area contributed by atoms with Crippen LogP contribution in [0.3, 0.4) is 0 Å². The number of benzene rings is 1. The summed E-state index contributed by atoms with van der Waals surface area (Å²) in [6.45, 7) is 8.96. The summed E-state index contributed by atoms with van der Waals surface area (Å²) in [6.07, 6.45) is 5.35. The van der Waals surface area contributed by atoms with Gasteiger partial charge >= 0.3 is 0 Å². The molecule has 1 aromatic carbocycles. The molecule has 0 saturated heterocycles. The van der Waals surface area contributed by atoms with Gasteiger partial charge in [0.25, 0.3) is 5.91 Å². The van der Waals surface area contributed by atoms with Gasteiger partial charge in [-0.2, -0.15) is 0 Å². The zero-order valence-corrected chi connectivity index (χ0v) is 17.9. The lowest BCUT2D eigenvalue weighted by Crippen LogP contribution is -2.44. The number of ether oxygens (including phenoxy) is 1. The average molecular weight is 398 g/mol. The number of Topliss-reactive ketones (excluding diaryl/α,β-unsaturated/α-hetero) is 1. The smallest absolute Gasteiger partial charge is 0.287 e. The van der Waals surface area contributed by atoms with Gasteiger partial charge in [0.2, 0.25) is 0 Å². The average Bonchev–Trinajstić information content (AvgIpc) is 3.01. The standard InChI is InChI=1S/C24H31NO4/c1-14(2)9-12-25-23(27)22-16(4)20-18(28-22)5-6-19-21(20)17(26)13-24(29-19)10-7-15(3)8-11-24/h5-6,14-15H,7-13H2,1-4H3,(H,25,27). The first kappa shape index (κ1) is 20.0. The fourth-order valence-corrected chi connectivity index (χ4v) is 4.67. The Bertz CT molecular complexity index is 947. The number of rotatable bonds is 4. The third-order valence-electron chi connectivity index (χ3n) is 6.54. The van der Waals surface area contributed by atoms with E-state index in [9.17, 15) is 9.59 Å². The molecule has 1 aliphatic carbocycles. The van der Waals surface area contributed by atoms with Crippen molar-refractivity contribution in [1.82, 2.24) is 5.32 Å². The molecule has 0 atom stereocenters. The third-order valence-corrected chi connectivity index (χ3v) is 6.54. The minimum atomic E-state index is -0.362. The van der Waals surface area contributed by atoms with Crippen molar-refractivity contribution in [1.29, 1.82) is 0 Å². The van der Waals surface area contributed by atoms with Gasteiger partial charge in [0.05, 0.1) is 12.0 Å². The molecule has 2 heterocycles. The Morgan fingerprint density at radius 3 is 2.69 bits per heavy atom. The first-order valence-electron chi connectivity index (χ1n) is 10.9. The molecule has 1 N–H and O–H groups in total. The van der Waals surface area contributed by atoms with E-state index in [1.807, 2.05) is 19.1 Å². The van der Waals surface area contributed by atoms with Crippen LogP contribution in [-0.4, -0.2) is 23.8 Å². The summed E-state index contributed by atoms with van der Waals surface area (Å²) >= 11 is 0.